The average Bonchev–Trinajstić information content (AvgIpc) is 1.60. The number of likely N-dealkylation sites (N-methyl/N-ethyl adjacent to an activating group) is 2. The third-order valence-corrected chi connectivity index (χ3v) is 31.0. The van der Waals surface area contributed by atoms with Gasteiger partial charge in [0.05, 0.1) is 102 Å². The van der Waals surface area contributed by atoms with Crippen molar-refractivity contribution in [2.45, 2.75) is 372 Å². The van der Waals surface area contributed by atoms with Crippen molar-refractivity contribution in [1.82, 2.24) is 39.8 Å². The molecule has 4 aromatic rings. The number of fused-ring (bicyclic) bond motifs is 2. The quantitative estimate of drug-likeness (QED) is 0.0261. The van der Waals surface area contributed by atoms with E-state index in [0.717, 1.165) is 22.0 Å². The lowest BCUT2D eigenvalue weighted by atomic mass is 9.73. The van der Waals surface area contributed by atoms with Gasteiger partial charge in [-0.25, -0.2) is 30.0 Å². The van der Waals surface area contributed by atoms with Crippen molar-refractivity contribution < 1.29 is 125 Å². The third-order valence-electron chi connectivity index (χ3n) is 30.8. The minimum absolute atomic E-state index is 0.0939. The molecule has 8 saturated heterocycles. The van der Waals surface area contributed by atoms with Crippen LogP contribution in [0.3, 0.4) is 0 Å². The maximum Gasteiger partial charge on any atom is 0.431 e. The van der Waals surface area contributed by atoms with E-state index in [1.165, 1.54) is 32.6 Å². The molecule has 36 heteroatoms. The first-order valence-corrected chi connectivity index (χ1v) is 48.8. The highest BCUT2D eigenvalue weighted by Crippen LogP contribution is 2.49. The molecule has 8 fully saturated rings. The summed E-state index contributed by atoms with van der Waals surface area (Å²) in [5, 5.41) is 53.7. The highest BCUT2D eigenvalue weighted by molar-refractivity contribution is 6.30. The smallest absolute Gasteiger partial charge is 0.431 e. The molecule has 0 saturated carbocycles. The molecule has 2 amide bonds. The fourth-order valence-electron chi connectivity index (χ4n) is 22.3. The lowest BCUT2D eigenvalue weighted by molar-refractivity contribution is -0.319. The number of ether oxygens (including phenoxy) is 16. The van der Waals surface area contributed by atoms with E-state index in [4.69, 9.17) is 87.4 Å². The molecule has 18 unspecified atom stereocenters. The van der Waals surface area contributed by atoms with Gasteiger partial charge in [-0.1, -0.05) is 97.3 Å². The van der Waals surface area contributed by atoms with Crippen LogP contribution in [0.4, 0.5) is 9.59 Å². The summed E-state index contributed by atoms with van der Waals surface area (Å²) in [5.74, 6) is -8.00. The summed E-state index contributed by atoms with van der Waals surface area (Å²) in [5.41, 5.74) is -0.867. The van der Waals surface area contributed by atoms with Crippen molar-refractivity contribution >= 4 is 53.5 Å². The van der Waals surface area contributed by atoms with E-state index in [-0.39, 0.29) is 80.9 Å². The Hall–Kier alpha value is -7.18. The van der Waals surface area contributed by atoms with Crippen LogP contribution in [0, 0.1) is 54.3 Å². The summed E-state index contributed by atoms with van der Waals surface area (Å²) in [7, 11) is 13.6. The molecule has 0 bridgehead atoms. The SMILES string of the molecule is CC[C@H]1OC(=O)[C@H](C)C(OC2CC(C)(OC)C(O)C(C)O2)[C@H](C)[C@@H](OC2OC(C)CC(N(C)C)C2O)[C@](C)(OC)C[C@@H](C)C(=O)[C@H](C)[C@H]2N(/N=C/c3cnc(-c4ccccc4)nc3C)C(=O)O[C@]12C.CC[C@H]1OC(=O)[C@H](C)C(OC2CC(C)(OC)C(O)C(C)O2)[C@H](C)[C@@H](OC2OC(C)CC(N(C)C)C2O)[C@](C)(OC)C[C@@H](C)C(=O)[C@H](C)[C@H]2N(NCc3cccn3-c3ccc(Cl)cc3)C(=O)O[C@]12C. The number of aryl methyl sites for hydroxylation is 1. The molecule has 2 aromatic heterocycles. The molecule has 2 aromatic carbocycles. The second-order valence-electron chi connectivity index (χ2n) is 41.2. The Morgan fingerprint density at radius 2 is 0.985 bits per heavy atom. The van der Waals surface area contributed by atoms with Gasteiger partial charge in [0.2, 0.25) is 0 Å². The molecule has 137 heavy (non-hydrogen) atoms. The molecular formula is C101H154ClN9O26. The van der Waals surface area contributed by atoms with E-state index in [9.17, 15) is 39.6 Å². The maximum atomic E-state index is 15.1. The van der Waals surface area contributed by atoms with Crippen molar-refractivity contribution in [2.24, 2.45) is 52.4 Å². The van der Waals surface area contributed by atoms with Gasteiger partial charge in [0, 0.05) is 129 Å². The zero-order chi connectivity index (χ0) is 101. The first-order chi connectivity index (χ1) is 64.3. The number of halogens is 1. The van der Waals surface area contributed by atoms with Crippen molar-refractivity contribution in [1.29, 1.82) is 0 Å². The van der Waals surface area contributed by atoms with Gasteiger partial charge < -0.3 is 111 Å². The standard InChI is InChI=1S/C51H77N5O13.C50H77ClN4O13/c1-16-37-51(11)42(56(48(61)69-51)53-26-35-25-52-45(54-32(35)7)34-20-18-17-19-21-34)29(4)39(57)27(2)23-50(10,63-15)44(68-47-40(58)36(55(12)13)22-28(3)64-47)30(5)41(31(6)46(60)66-37)67-38-24-49(9,62-14)43(59)33(8)65-38;1-15-37-50(10)42(55(47(60)68-50)52-26-35-17-16-22-54(35)34-20-18-33(51)19-21-34)29(4)39(56)27(2)24-49(9,62-14)44(67-46-40(57)36(53(11)12)23-28(3)63-46)30(5)41(31(6)45(59)65-37)66-38-25-48(8,61-13)43(58)32(7)64-38/h17-21,25-31,33,36-38,40-44,47,58-59H,16,22-24H2,1-15H3;16-22,27-32,36-38,40-44,46,52,57-58H,15,23-26H2,1-14H3/b53-26+;/t27-,28?,29+,30+,31-,33?,36?,37-,38?,40?,41?,42-,43?,44-,47?,49?,50-,51-;27-,28?,29+,30+,31-,32?,36?,37-,38?,40?,41?,42-,43?,44-,46?,48?,49-,50-/m11/s1. The lowest BCUT2D eigenvalue weighted by Crippen LogP contribution is -2.62. The fourth-order valence-corrected chi connectivity index (χ4v) is 22.5. The molecule has 5 N–H and O–H groups in total. The molecule has 0 radical (unpaired) electrons. The minimum atomic E-state index is -1.58. The number of aliphatic hydroxyl groups is 4. The Kier molecular flexibility index (Phi) is 36.3. The zero-order valence-electron chi connectivity index (χ0n) is 85.5. The molecule has 10 heterocycles. The van der Waals surface area contributed by atoms with Crippen molar-refractivity contribution in [2.75, 3.05) is 56.6 Å². The number of hydrogen-bond acceptors (Lipinski definition) is 32. The monoisotopic (exact) mass is 1940 g/mol. The number of ketones is 2. The van der Waals surface area contributed by atoms with E-state index < -0.39 is 216 Å². The van der Waals surface area contributed by atoms with Gasteiger partial charge in [-0.15, -0.1) is 0 Å². The molecule has 35 nitrogen and oxygen atoms in total. The van der Waals surface area contributed by atoms with Gasteiger partial charge in [0.25, 0.3) is 0 Å². The Morgan fingerprint density at radius 3 is 1.42 bits per heavy atom. The number of nitrogens with zero attached hydrogens (tertiary/aromatic N) is 8. The summed E-state index contributed by atoms with van der Waals surface area (Å²) in [6.07, 6.45) is -11.1. The molecule has 0 spiro atoms. The number of aromatic nitrogens is 3. The minimum Gasteiger partial charge on any atom is -0.458 e. The Morgan fingerprint density at radius 1 is 0.547 bits per heavy atom. The van der Waals surface area contributed by atoms with Crippen LogP contribution in [0.25, 0.3) is 17.1 Å². The van der Waals surface area contributed by atoms with E-state index in [1.807, 2.05) is 173 Å². The lowest BCUT2D eigenvalue weighted by Gasteiger charge is -2.50. The summed E-state index contributed by atoms with van der Waals surface area (Å²) >= 11 is 6.19. The van der Waals surface area contributed by atoms with E-state index in [2.05, 4.69) is 20.5 Å². The normalized spacial score (nSPS) is 40.8. The molecule has 36 atom stereocenters. The second-order valence-corrected chi connectivity index (χ2v) is 41.6. The summed E-state index contributed by atoms with van der Waals surface area (Å²) < 4.78 is 105. The number of hydrazine groups is 1. The van der Waals surface area contributed by atoms with Gasteiger partial charge in [-0.2, -0.15) is 10.1 Å². The number of benzene rings is 2. The number of rotatable bonds is 23. The molecule has 8 aliphatic rings. The van der Waals surface area contributed by atoms with Crippen molar-refractivity contribution in [3.05, 3.63) is 101 Å². The van der Waals surface area contributed by atoms with Crippen LogP contribution in [0.15, 0.2) is 84.2 Å². The van der Waals surface area contributed by atoms with Crippen LogP contribution in [0.5, 0.6) is 0 Å². The molecule has 766 valence electrons. The predicted molar refractivity (Wildman–Crippen MR) is 507 cm³/mol. The van der Waals surface area contributed by atoms with Crippen molar-refractivity contribution in [3.63, 3.8) is 0 Å². The number of nitrogens with one attached hydrogen (secondary N) is 1. The predicted octanol–water partition coefficient (Wildman–Crippen LogP) is 11.8. The van der Waals surface area contributed by atoms with Gasteiger partial charge in [0.1, 0.15) is 60.3 Å². The fraction of sp³-hybridized carbons (Fsp3) is 0.733. The van der Waals surface area contributed by atoms with Crippen molar-refractivity contribution in [3.8, 4) is 17.1 Å². The summed E-state index contributed by atoms with van der Waals surface area (Å²) in [6, 6.07) is 18.1. The summed E-state index contributed by atoms with van der Waals surface area (Å²) in [4.78, 5) is 102. The van der Waals surface area contributed by atoms with Crippen LogP contribution < -0.4 is 5.43 Å². The van der Waals surface area contributed by atoms with E-state index >= 15 is 9.59 Å². The Bertz CT molecular complexity index is 4760. The largest absolute Gasteiger partial charge is 0.458 e. The van der Waals surface area contributed by atoms with Crippen LogP contribution in [0.1, 0.15) is 207 Å². The van der Waals surface area contributed by atoms with Crippen LogP contribution in [-0.2, 0) is 102 Å². The van der Waals surface area contributed by atoms with Crippen LogP contribution in [-0.4, -0.2) is 322 Å². The Balaban J connectivity index is 0.000000263. The van der Waals surface area contributed by atoms with Gasteiger partial charge in [-0.05, 0) is 193 Å². The van der Waals surface area contributed by atoms with Crippen LogP contribution >= 0.6 is 11.6 Å². The maximum absolute atomic E-state index is 15.1. The van der Waals surface area contributed by atoms with Gasteiger partial charge in [0.15, 0.2) is 42.2 Å². The van der Waals surface area contributed by atoms with E-state index in [1.54, 1.807) is 102 Å². The number of Topliss-reactive ketones (excluding diaryl/α,β-unsaturated/α-hetero) is 2. The first-order valence-electron chi connectivity index (χ1n) is 48.5. The summed E-state index contributed by atoms with van der Waals surface area (Å²) in [6.45, 7) is 37.8. The van der Waals surface area contributed by atoms with Gasteiger partial charge >= 0.3 is 24.1 Å². The first kappa shape index (κ1) is 110. The highest BCUT2D eigenvalue weighted by atomic mass is 35.5. The molecular weight excluding hydrogens is 1790 g/mol. The molecule has 8 aliphatic heterocycles. The number of hydrazone groups is 1. The number of amides is 2. The number of methoxy groups -OCH3 is 4. The third kappa shape index (κ3) is 23.4. The van der Waals surface area contributed by atoms with E-state index in [0.29, 0.717) is 34.9 Å². The number of carbonyl (C=O) groups excluding carboxylic acids is 6. The Labute approximate surface area is 813 Å². The highest BCUT2D eigenvalue weighted by Gasteiger charge is 2.65. The zero-order valence-corrected chi connectivity index (χ0v) is 86.2. The molecule has 0 aliphatic carbocycles. The van der Waals surface area contributed by atoms with Crippen LogP contribution in [0.2, 0.25) is 5.02 Å². The van der Waals surface area contributed by atoms with Gasteiger partial charge in [-0.3, -0.25) is 19.2 Å². The number of aliphatic hydroxyl groups excluding tert-OH is 4. The number of carbonyl (C=O) groups is 6. The molecule has 12 rings (SSSR count). The topological polar surface area (TPSA) is 399 Å². The number of hydrogen-bond donors (Lipinski definition) is 5. The second kappa shape index (κ2) is 45.2. The average molecular weight is 1950 g/mol. The number of esters is 2. The number of cyclic esters (lactones) is 2.